The maximum absolute atomic E-state index is 11.2. The molecular weight excluding hydrogens is 188 g/mol. The molecule has 0 aromatic rings. The molecule has 0 aliphatic heterocycles. The Hall–Kier alpha value is -0.630. The first-order valence-electron chi connectivity index (χ1n) is 5.70. The molecule has 0 saturated carbocycles. The summed E-state index contributed by atoms with van der Waals surface area (Å²) in [5.41, 5.74) is 0.666. The van der Waals surface area contributed by atoms with Crippen molar-refractivity contribution in [3.8, 4) is 0 Å². The lowest BCUT2D eigenvalue weighted by Crippen LogP contribution is -2.38. The number of Topliss-reactive ketones (excluding diaryl/α,β-unsaturated/α-hetero) is 1. The molecule has 0 fully saturated rings. The third-order valence-corrected chi connectivity index (χ3v) is 3.30. The summed E-state index contributed by atoms with van der Waals surface area (Å²) in [5, 5.41) is 10.1. The number of carbonyl (C=O) groups is 1. The van der Waals surface area contributed by atoms with E-state index in [9.17, 15) is 9.90 Å². The van der Waals surface area contributed by atoms with Crippen molar-refractivity contribution in [3.05, 3.63) is 11.6 Å². The van der Waals surface area contributed by atoms with Crippen LogP contribution in [0, 0.1) is 11.8 Å². The van der Waals surface area contributed by atoms with E-state index in [4.69, 9.17) is 0 Å². The highest BCUT2D eigenvalue weighted by atomic mass is 16.3. The SMILES string of the molecule is CC(=O)C[C@H]1C=C(C)CC[C@H]1C(C)(C)O. The van der Waals surface area contributed by atoms with E-state index in [2.05, 4.69) is 13.0 Å². The van der Waals surface area contributed by atoms with Crippen molar-refractivity contribution in [1.29, 1.82) is 0 Å². The summed E-state index contributed by atoms with van der Waals surface area (Å²) in [7, 11) is 0. The molecule has 0 spiro atoms. The number of rotatable bonds is 3. The fraction of sp³-hybridized carbons (Fsp3) is 0.769. The number of allylic oxidation sites excluding steroid dienone is 2. The van der Waals surface area contributed by atoms with Gasteiger partial charge in [-0.1, -0.05) is 11.6 Å². The van der Waals surface area contributed by atoms with Crippen molar-refractivity contribution in [2.75, 3.05) is 0 Å². The highest BCUT2D eigenvalue weighted by Crippen LogP contribution is 2.37. The molecule has 1 aliphatic rings. The second-order valence-corrected chi connectivity index (χ2v) is 5.38. The maximum Gasteiger partial charge on any atom is 0.130 e. The van der Waals surface area contributed by atoms with Gasteiger partial charge in [-0.05, 0) is 52.4 Å². The van der Waals surface area contributed by atoms with Crippen LogP contribution in [0.15, 0.2) is 11.6 Å². The molecule has 2 heteroatoms. The number of hydrogen-bond donors (Lipinski definition) is 1. The third kappa shape index (κ3) is 3.45. The summed E-state index contributed by atoms with van der Waals surface area (Å²) in [6.07, 6.45) is 4.77. The van der Waals surface area contributed by atoms with E-state index in [0.717, 1.165) is 12.8 Å². The van der Waals surface area contributed by atoms with Gasteiger partial charge < -0.3 is 9.90 Å². The Morgan fingerprint density at radius 1 is 1.60 bits per heavy atom. The van der Waals surface area contributed by atoms with Crippen LogP contribution in [0.1, 0.15) is 47.0 Å². The van der Waals surface area contributed by atoms with Gasteiger partial charge in [0.15, 0.2) is 0 Å². The Bertz CT molecular complexity index is 271. The van der Waals surface area contributed by atoms with Gasteiger partial charge in [0.05, 0.1) is 5.60 Å². The first-order chi connectivity index (χ1) is 6.80. The zero-order chi connectivity index (χ0) is 11.6. The molecule has 0 radical (unpaired) electrons. The molecule has 1 N–H and O–H groups in total. The fourth-order valence-corrected chi connectivity index (χ4v) is 2.57. The van der Waals surface area contributed by atoms with Crippen molar-refractivity contribution in [2.24, 2.45) is 11.8 Å². The Morgan fingerprint density at radius 3 is 2.67 bits per heavy atom. The molecule has 2 atom stereocenters. The first kappa shape index (κ1) is 12.4. The summed E-state index contributed by atoms with van der Waals surface area (Å²) in [6, 6.07) is 0. The number of aliphatic hydroxyl groups is 1. The summed E-state index contributed by atoms with van der Waals surface area (Å²) >= 11 is 0. The van der Waals surface area contributed by atoms with E-state index in [1.165, 1.54) is 5.57 Å². The van der Waals surface area contributed by atoms with E-state index in [0.29, 0.717) is 6.42 Å². The predicted molar refractivity (Wildman–Crippen MR) is 61.6 cm³/mol. The topological polar surface area (TPSA) is 37.3 Å². The van der Waals surface area contributed by atoms with Gasteiger partial charge in [0, 0.05) is 6.42 Å². The zero-order valence-corrected chi connectivity index (χ0v) is 10.2. The number of hydrogen-bond acceptors (Lipinski definition) is 2. The summed E-state index contributed by atoms with van der Waals surface area (Å²) in [5.74, 6) is 0.640. The Morgan fingerprint density at radius 2 is 2.20 bits per heavy atom. The minimum absolute atomic E-state index is 0.209. The van der Waals surface area contributed by atoms with Crippen molar-refractivity contribution >= 4 is 5.78 Å². The van der Waals surface area contributed by atoms with Gasteiger partial charge in [-0.3, -0.25) is 0 Å². The quantitative estimate of drug-likeness (QED) is 0.727. The largest absolute Gasteiger partial charge is 0.390 e. The molecule has 1 aliphatic carbocycles. The highest BCUT2D eigenvalue weighted by Gasteiger charge is 2.35. The van der Waals surface area contributed by atoms with Crippen LogP contribution >= 0.6 is 0 Å². The van der Waals surface area contributed by atoms with Crippen LogP contribution < -0.4 is 0 Å². The third-order valence-electron chi connectivity index (χ3n) is 3.30. The number of ketones is 1. The smallest absolute Gasteiger partial charge is 0.130 e. The van der Waals surface area contributed by atoms with E-state index in [-0.39, 0.29) is 17.6 Å². The van der Waals surface area contributed by atoms with Gasteiger partial charge in [0.2, 0.25) is 0 Å². The van der Waals surface area contributed by atoms with Crippen molar-refractivity contribution in [2.45, 2.75) is 52.6 Å². The normalized spacial score (nSPS) is 27.4. The molecule has 86 valence electrons. The van der Waals surface area contributed by atoms with E-state index < -0.39 is 5.60 Å². The fourth-order valence-electron chi connectivity index (χ4n) is 2.57. The molecule has 0 heterocycles. The van der Waals surface area contributed by atoms with Crippen LogP contribution in [0.5, 0.6) is 0 Å². The summed E-state index contributed by atoms with van der Waals surface area (Å²) in [4.78, 5) is 11.2. The molecule has 0 saturated heterocycles. The van der Waals surface area contributed by atoms with E-state index in [1.54, 1.807) is 6.92 Å². The van der Waals surface area contributed by atoms with Crippen LogP contribution in [0.4, 0.5) is 0 Å². The van der Waals surface area contributed by atoms with Gasteiger partial charge >= 0.3 is 0 Å². The molecule has 0 unspecified atom stereocenters. The van der Waals surface area contributed by atoms with Gasteiger partial charge in [-0.2, -0.15) is 0 Å². The molecule has 2 nitrogen and oxygen atoms in total. The van der Waals surface area contributed by atoms with Crippen LogP contribution in [-0.2, 0) is 4.79 Å². The Labute approximate surface area is 92.4 Å². The van der Waals surface area contributed by atoms with Crippen molar-refractivity contribution < 1.29 is 9.90 Å². The molecule has 0 bridgehead atoms. The molecule has 15 heavy (non-hydrogen) atoms. The predicted octanol–water partition coefficient (Wildman–Crippen LogP) is 2.71. The van der Waals surface area contributed by atoms with Crippen LogP contribution in [0.3, 0.4) is 0 Å². The standard InChI is InChI=1S/C13H22O2/c1-9-5-6-12(13(3,4)15)11(7-9)8-10(2)14/h7,11-12,15H,5-6,8H2,1-4H3/t11-,12-/m1/s1. The molecule has 1 rings (SSSR count). The van der Waals surface area contributed by atoms with Gasteiger partial charge in [0.1, 0.15) is 5.78 Å². The van der Waals surface area contributed by atoms with E-state index in [1.807, 2.05) is 13.8 Å². The van der Waals surface area contributed by atoms with Crippen LogP contribution in [0.25, 0.3) is 0 Å². The van der Waals surface area contributed by atoms with Crippen LogP contribution in [0.2, 0.25) is 0 Å². The highest BCUT2D eigenvalue weighted by molar-refractivity contribution is 5.76. The van der Waals surface area contributed by atoms with E-state index >= 15 is 0 Å². The lowest BCUT2D eigenvalue weighted by Gasteiger charge is -2.37. The van der Waals surface area contributed by atoms with Gasteiger partial charge in [0.25, 0.3) is 0 Å². The lowest BCUT2D eigenvalue weighted by molar-refractivity contribution is -0.118. The zero-order valence-electron chi connectivity index (χ0n) is 10.2. The minimum atomic E-state index is -0.683. The first-order valence-corrected chi connectivity index (χ1v) is 5.70. The second kappa shape index (κ2) is 4.48. The monoisotopic (exact) mass is 210 g/mol. The van der Waals surface area contributed by atoms with Gasteiger partial charge in [-0.25, -0.2) is 0 Å². The summed E-state index contributed by atoms with van der Waals surface area (Å²) in [6.45, 7) is 7.42. The molecular formula is C13H22O2. The summed E-state index contributed by atoms with van der Waals surface area (Å²) < 4.78 is 0. The molecule has 0 aromatic heterocycles. The maximum atomic E-state index is 11.2. The Balaban J connectivity index is 2.83. The second-order valence-electron chi connectivity index (χ2n) is 5.38. The number of carbonyl (C=O) groups excluding carboxylic acids is 1. The minimum Gasteiger partial charge on any atom is -0.390 e. The average molecular weight is 210 g/mol. The average Bonchev–Trinajstić information content (AvgIpc) is 1.99. The molecule has 0 amide bonds. The molecule has 0 aromatic carbocycles. The lowest BCUT2D eigenvalue weighted by atomic mass is 9.71. The van der Waals surface area contributed by atoms with Gasteiger partial charge in [-0.15, -0.1) is 0 Å². The van der Waals surface area contributed by atoms with Crippen molar-refractivity contribution in [3.63, 3.8) is 0 Å². The van der Waals surface area contributed by atoms with Crippen molar-refractivity contribution in [1.82, 2.24) is 0 Å². The Kier molecular flexibility index (Phi) is 3.72. The van der Waals surface area contributed by atoms with Crippen LogP contribution in [-0.4, -0.2) is 16.5 Å².